The van der Waals surface area contributed by atoms with Gasteiger partial charge in [0.25, 0.3) is 0 Å². The Morgan fingerprint density at radius 3 is 1.79 bits per heavy atom. The van der Waals surface area contributed by atoms with Crippen LogP contribution in [0.15, 0.2) is 18.2 Å². The predicted octanol–water partition coefficient (Wildman–Crippen LogP) is 5.58. The summed E-state index contributed by atoms with van der Waals surface area (Å²) in [6.45, 7) is 16.3. The van der Waals surface area contributed by atoms with Gasteiger partial charge in [0.2, 0.25) is 0 Å². The number of unbranched alkanes of at least 4 members (excludes halogenated alkanes) is 1. The minimum atomic E-state index is -1.16. The molecule has 0 fully saturated rings. The smallest absolute Gasteiger partial charge is 0.329 e. The number of ether oxygens (including phenoxy) is 3. The minimum absolute atomic E-state index is 0.0613. The van der Waals surface area contributed by atoms with Crippen LogP contribution in [-0.2, 0) is 35.1 Å². The fourth-order valence-electron chi connectivity index (χ4n) is 3.74. The molecule has 0 bridgehead atoms. The summed E-state index contributed by atoms with van der Waals surface area (Å²) in [5, 5.41) is 8.63. The minimum Gasteiger partial charge on any atom is -0.460 e. The highest BCUT2D eigenvalue weighted by molar-refractivity contribution is 6.30. The molecule has 0 aliphatic rings. The van der Waals surface area contributed by atoms with Crippen LogP contribution in [0.1, 0.15) is 100.0 Å². The molecule has 1 aromatic rings. The third-order valence-corrected chi connectivity index (χ3v) is 5.71. The first-order valence-electron chi connectivity index (χ1n) is 14.5. The normalized spacial score (nSPS) is 13.5. The first kappa shape index (κ1) is 38.1. The summed E-state index contributed by atoms with van der Waals surface area (Å²) in [5.74, 6) is -2.26. The maximum Gasteiger partial charge on any atom is 0.329 e. The van der Waals surface area contributed by atoms with Crippen LogP contribution in [0.5, 0.6) is 0 Å². The first-order valence-corrected chi connectivity index (χ1v) is 14.9. The molecule has 0 spiro atoms. The fourth-order valence-corrected chi connectivity index (χ4v) is 3.90. The average Bonchev–Trinajstić information content (AvgIpc) is 2.80. The number of halogens is 2. The van der Waals surface area contributed by atoms with Crippen LogP contribution in [0.25, 0.3) is 0 Å². The summed E-state index contributed by atoms with van der Waals surface area (Å²) in [6, 6.07) is 1.54. The number of rotatable bonds is 14. The second kappa shape index (κ2) is 16.8. The van der Waals surface area contributed by atoms with E-state index < -0.39 is 58.6 Å². The van der Waals surface area contributed by atoms with Crippen molar-refractivity contribution in [1.82, 2.24) is 16.0 Å². The van der Waals surface area contributed by atoms with Gasteiger partial charge in [-0.3, -0.25) is 4.79 Å². The van der Waals surface area contributed by atoms with E-state index in [4.69, 9.17) is 25.8 Å². The van der Waals surface area contributed by atoms with Crippen LogP contribution in [0, 0.1) is 5.82 Å². The van der Waals surface area contributed by atoms with E-state index in [0.29, 0.717) is 36.5 Å². The zero-order chi connectivity index (χ0) is 33.0. The summed E-state index contributed by atoms with van der Waals surface area (Å²) in [5.41, 5.74) is -1.83. The Morgan fingerprint density at radius 1 is 0.791 bits per heavy atom. The maximum absolute atomic E-state index is 14.0. The predicted molar refractivity (Wildman–Crippen MR) is 163 cm³/mol. The molecule has 2 amide bonds. The fraction of sp³-hybridized carbons (Fsp3) is 0.677. The molecule has 0 saturated heterocycles. The lowest BCUT2D eigenvalue weighted by Crippen LogP contribution is -2.53. The number of carbonyl (C=O) groups excluding carboxylic acids is 4. The molecule has 0 aliphatic heterocycles. The molecule has 43 heavy (non-hydrogen) atoms. The van der Waals surface area contributed by atoms with Crippen molar-refractivity contribution in [2.45, 2.75) is 130 Å². The van der Waals surface area contributed by atoms with Gasteiger partial charge in [0, 0.05) is 23.6 Å². The largest absolute Gasteiger partial charge is 0.460 e. The van der Waals surface area contributed by atoms with E-state index in [1.54, 1.807) is 74.4 Å². The number of hydrogen-bond acceptors (Lipinski definition) is 8. The Balaban J connectivity index is 2.83. The number of hydrogen-bond donors (Lipinski definition) is 3. The summed E-state index contributed by atoms with van der Waals surface area (Å²) in [7, 11) is 0. The molecule has 0 heterocycles. The zero-order valence-electron chi connectivity index (χ0n) is 27.0. The van der Waals surface area contributed by atoms with Gasteiger partial charge in [-0.25, -0.2) is 18.8 Å². The highest BCUT2D eigenvalue weighted by Crippen LogP contribution is 2.16. The number of urea groups is 1. The molecule has 0 aliphatic carbocycles. The number of esters is 3. The van der Waals surface area contributed by atoms with Gasteiger partial charge in [0.05, 0.1) is 0 Å². The summed E-state index contributed by atoms with van der Waals surface area (Å²) in [4.78, 5) is 51.1. The van der Waals surface area contributed by atoms with Crippen LogP contribution in [0.4, 0.5) is 9.18 Å². The SMILES string of the molecule is CC(C)(C)OC(=O)CCC(NC(=O)NC(CCCCNCc1ccc(Cl)cc1F)C(=O)OC(C)(C)C)C(=O)OC(C)(C)C. The summed E-state index contributed by atoms with van der Waals surface area (Å²) >= 11 is 5.79. The van der Waals surface area contributed by atoms with E-state index in [1.165, 1.54) is 6.07 Å². The lowest BCUT2D eigenvalue weighted by molar-refractivity contribution is -0.159. The van der Waals surface area contributed by atoms with E-state index in [1.807, 2.05) is 0 Å². The van der Waals surface area contributed by atoms with Crippen molar-refractivity contribution in [3.8, 4) is 0 Å². The van der Waals surface area contributed by atoms with Crippen LogP contribution >= 0.6 is 11.6 Å². The van der Waals surface area contributed by atoms with Crippen molar-refractivity contribution in [1.29, 1.82) is 0 Å². The van der Waals surface area contributed by atoms with Crippen molar-refractivity contribution < 1.29 is 37.8 Å². The van der Waals surface area contributed by atoms with Crippen LogP contribution < -0.4 is 16.0 Å². The lowest BCUT2D eigenvalue weighted by Gasteiger charge is -2.27. The van der Waals surface area contributed by atoms with E-state index in [0.717, 1.165) is 0 Å². The molecule has 10 nitrogen and oxygen atoms in total. The Labute approximate surface area is 260 Å². The van der Waals surface area contributed by atoms with Gasteiger partial charge in [0.15, 0.2) is 0 Å². The molecule has 2 unspecified atom stereocenters. The van der Waals surface area contributed by atoms with Gasteiger partial charge < -0.3 is 30.2 Å². The molecule has 1 rings (SSSR count). The molecule has 12 heteroatoms. The van der Waals surface area contributed by atoms with Crippen molar-refractivity contribution in [3.05, 3.63) is 34.6 Å². The highest BCUT2D eigenvalue weighted by atomic mass is 35.5. The lowest BCUT2D eigenvalue weighted by atomic mass is 10.1. The van der Waals surface area contributed by atoms with Gasteiger partial charge in [0.1, 0.15) is 34.7 Å². The van der Waals surface area contributed by atoms with E-state index in [-0.39, 0.29) is 19.3 Å². The molecule has 2 atom stereocenters. The first-order chi connectivity index (χ1) is 19.6. The Hall–Kier alpha value is -2.92. The molecule has 3 N–H and O–H groups in total. The topological polar surface area (TPSA) is 132 Å². The Morgan fingerprint density at radius 2 is 1.30 bits per heavy atom. The average molecular weight is 630 g/mol. The van der Waals surface area contributed by atoms with Crippen molar-refractivity contribution in [2.75, 3.05) is 6.54 Å². The molecule has 244 valence electrons. The van der Waals surface area contributed by atoms with Crippen molar-refractivity contribution in [3.63, 3.8) is 0 Å². The van der Waals surface area contributed by atoms with Crippen molar-refractivity contribution in [2.24, 2.45) is 0 Å². The van der Waals surface area contributed by atoms with Gasteiger partial charge >= 0.3 is 23.9 Å². The van der Waals surface area contributed by atoms with Crippen LogP contribution in [0.3, 0.4) is 0 Å². The van der Waals surface area contributed by atoms with E-state index in [9.17, 15) is 23.6 Å². The van der Waals surface area contributed by atoms with Gasteiger partial charge in [-0.05, 0) is 107 Å². The monoisotopic (exact) mass is 629 g/mol. The van der Waals surface area contributed by atoms with Crippen LogP contribution in [0.2, 0.25) is 5.02 Å². The molecule has 0 saturated carbocycles. The van der Waals surface area contributed by atoms with Crippen LogP contribution in [-0.4, -0.2) is 59.4 Å². The number of carbonyl (C=O) groups is 4. The molecular formula is C31H49ClFN3O7. The van der Waals surface area contributed by atoms with Gasteiger partial charge in [-0.15, -0.1) is 0 Å². The summed E-state index contributed by atoms with van der Waals surface area (Å²) in [6.07, 6.45) is 1.23. The molecule has 1 aromatic carbocycles. The number of amides is 2. The van der Waals surface area contributed by atoms with E-state index in [2.05, 4.69) is 16.0 Å². The standard InChI is InChI=1S/C31H49ClFN3O7/c1-29(2,3)41-25(37)16-15-24(27(39)43-31(7,8)9)36-28(40)35-23(26(38)42-30(4,5)6)12-10-11-17-34-19-20-13-14-21(32)18-22(20)33/h13-14,18,23-24,34H,10-12,15-17,19H2,1-9H3,(H2,35,36,40). The molecule has 0 aromatic heterocycles. The molecular weight excluding hydrogens is 581 g/mol. The van der Waals surface area contributed by atoms with Gasteiger partial charge in [-0.2, -0.15) is 0 Å². The second-order valence-electron chi connectivity index (χ2n) is 13.3. The Bertz CT molecular complexity index is 1090. The third kappa shape index (κ3) is 17.7. The number of benzene rings is 1. The maximum atomic E-state index is 14.0. The highest BCUT2D eigenvalue weighted by Gasteiger charge is 2.31. The van der Waals surface area contributed by atoms with Crippen molar-refractivity contribution >= 4 is 35.5 Å². The molecule has 0 radical (unpaired) electrons. The third-order valence-electron chi connectivity index (χ3n) is 5.48. The number of nitrogens with one attached hydrogen (secondary N) is 3. The van der Waals surface area contributed by atoms with Gasteiger partial charge in [-0.1, -0.05) is 17.7 Å². The second-order valence-corrected chi connectivity index (χ2v) is 13.8. The summed E-state index contributed by atoms with van der Waals surface area (Å²) < 4.78 is 30.2. The van der Waals surface area contributed by atoms with E-state index >= 15 is 0 Å². The quantitative estimate of drug-likeness (QED) is 0.138. The zero-order valence-corrected chi connectivity index (χ0v) is 27.7. The Kier molecular flexibility index (Phi) is 14.9.